The second-order valence-corrected chi connectivity index (χ2v) is 4.60. The molecule has 1 N–H and O–H groups in total. The largest absolute Gasteiger partial charge is 0.493 e. The quantitative estimate of drug-likeness (QED) is 0.916. The van der Waals surface area contributed by atoms with Gasteiger partial charge in [-0.1, -0.05) is 12.1 Å². The van der Waals surface area contributed by atoms with E-state index >= 15 is 0 Å². The number of nitrogens with one attached hydrogen (secondary N) is 1. The summed E-state index contributed by atoms with van der Waals surface area (Å²) < 4.78 is 13.2. The Hall–Kier alpha value is -1.94. The number of benzene rings is 1. The van der Waals surface area contributed by atoms with Gasteiger partial charge in [0.15, 0.2) is 11.5 Å². The Morgan fingerprint density at radius 1 is 1.16 bits per heavy atom. The first-order valence-corrected chi connectivity index (χ1v) is 6.44. The zero-order valence-electron chi connectivity index (χ0n) is 11.2. The summed E-state index contributed by atoms with van der Waals surface area (Å²) in [6.45, 7) is 1.96. The minimum Gasteiger partial charge on any atom is -0.493 e. The first-order chi connectivity index (χ1) is 9.35. The van der Waals surface area contributed by atoms with E-state index < -0.39 is 0 Å². The van der Waals surface area contributed by atoms with Crippen molar-refractivity contribution >= 4 is 0 Å². The van der Waals surface area contributed by atoms with E-state index in [1.54, 1.807) is 14.2 Å². The molecule has 0 saturated carbocycles. The van der Waals surface area contributed by atoms with E-state index in [9.17, 15) is 0 Å². The van der Waals surface area contributed by atoms with E-state index in [1.807, 2.05) is 12.1 Å². The Bertz CT molecular complexity index is 577. The van der Waals surface area contributed by atoms with Crippen LogP contribution in [0.25, 0.3) is 0 Å². The molecular weight excluding hydrogens is 240 g/mol. The molecule has 1 unspecified atom stereocenters. The number of para-hydroxylation sites is 1. The van der Waals surface area contributed by atoms with Crippen LogP contribution in [0.1, 0.15) is 17.3 Å². The number of fused-ring (bicyclic) bond motifs is 1. The molecule has 2 heterocycles. The second-order valence-electron chi connectivity index (χ2n) is 4.60. The summed E-state index contributed by atoms with van der Waals surface area (Å²) in [5.74, 6) is 1.57. The summed E-state index contributed by atoms with van der Waals surface area (Å²) in [6.07, 6.45) is 2.12. The molecule has 0 amide bonds. The van der Waals surface area contributed by atoms with Gasteiger partial charge in [0.1, 0.15) is 0 Å². The number of hydrogen-bond donors (Lipinski definition) is 1. The Labute approximate surface area is 113 Å². The van der Waals surface area contributed by atoms with Gasteiger partial charge in [0.25, 0.3) is 0 Å². The van der Waals surface area contributed by atoms with Crippen molar-refractivity contribution in [1.82, 2.24) is 9.88 Å². The minimum absolute atomic E-state index is 0.147. The van der Waals surface area contributed by atoms with E-state index in [-0.39, 0.29) is 6.04 Å². The number of rotatable bonds is 3. The van der Waals surface area contributed by atoms with Gasteiger partial charge in [-0.2, -0.15) is 0 Å². The van der Waals surface area contributed by atoms with Gasteiger partial charge in [0.05, 0.1) is 20.3 Å². The molecule has 0 bridgehead atoms. The fraction of sp³-hybridized carbons (Fsp3) is 0.333. The third-order valence-corrected chi connectivity index (χ3v) is 3.61. The van der Waals surface area contributed by atoms with Crippen LogP contribution in [0.3, 0.4) is 0 Å². The SMILES string of the molecule is COc1cccc(C2NCCn3cccc32)c1OC. The van der Waals surface area contributed by atoms with Crippen LogP contribution in [0.2, 0.25) is 0 Å². The summed E-state index contributed by atoms with van der Waals surface area (Å²) in [4.78, 5) is 0. The molecule has 0 spiro atoms. The highest BCUT2D eigenvalue weighted by atomic mass is 16.5. The second kappa shape index (κ2) is 4.97. The van der Waals surface area contributed by atoms with Crippen molar-refractivity contribution in [3.05, 3.63) is 47.8 Å². The molecule has 100 valence electrons. The summed E-state index contributed by atoms with van der Waals surface area (Å²) in [5, 5.41) is 3.55. The summed E-state index contributed by atoms with van der Waals surface area (Å²) in [7, 11) is 3.35. The van der Waals surface area contributed by atoms with Crippen LogP contribution in [0, 0.1) is 0 Å². The van der Waals surface area contributed by atoms with Crippen LogP contribution in [-0.2, 0) is 6.54 Å². The van der Waals surface area contributed by atoms with Crippen LogP contribution < -0.4 is 14.8 Å². The summed E-state index contributed by atoms with van der Waals surface area (Å²) >= 11 is 0. The molecule has 0 fully saturated rings. The van der Waals surface area contributed by atoms with Crippen molar-refractivity contribution in [2.24, 2.45) is 0 Å². The maximum Gasteiger partial charge on any atom is 0.165 e. The average molecular weight is 258 g/mol. The number of methoxy groups -OCH3 is 2. The van der Waals surface area contributed by atoms with Crippen LogP contribution in [0.5, 0.6) is 11.5 Å². The van der Waals surface area contributed by atoms with Crippen LogP contribution in [0.15, 0.2) is 36.5 Å². The number of nitrogens with zero attached hydrogens (tertiary/aromatic N) is 1. The van der Waals surface area contributed by atoms with Gasteiger partial charge in [0, 0.05) is 30.5 Å². The summed E-state index contributed by atoms with van der Waals surface area (Å²) in [5.41, 5.74) is 2.37. The van der Waals surface area contributed by atoms with Crippen LogP contribution >= 0.6 is 0 Å². The van der Waals surface area contributed by atoms with E-state index in [2.05, 4.69) is 34.3 Å². The zero-order valence-corrected chi connectivity index (χ0v) is 11.2. The van der Waals surface area contributed by atoms with E-state index in [0.717, 1.165) is 30.2 Å². The molecule has 0 aliphatic carbocycles. The van der Waals surface area contributed by atoms with Crippen LogP contribution in [0.4, 0.5) is 0 Å². The van der Waals surface area contributed by atoms with Crippen molar-refractivity contribution in [3.8, 4) is 11.5 Å². The van der Waals surface area contributed by atoms with Crippen molar-refractivity contribution in [2.75, 3.05) is 20.8 Å². The normalized spacial score (nSPS) is 17.9. The third-order valence-electron chi connectivity index (χ3n) is 3.61. The maximum atomic E-state index is 5.54. The van der Waals surface area contributed by atoms with Crippen molar-refractivity contribution in [2.45, 2.75) is 12.6 Å². The lowest BCUT2D eigenvalue weighted by Gasteiger charge is -2.28. The molecule has 4 nitrogen and oxygen atoms in total. The van der Waals surface area contributed by atoms with Gasteiger partial charge >= 0.3 is 0 Å². The number of hydrogen-bond acceptors (Lipinski definition) is 3. The van der Waals surface area contributed by atoms with E-state index in [4.69, 9.17) is 9.47 Å². The third kappa shape index (κ3) is 1.98. The predicted octanol–water partition coefficient (Wildman–Crippen LogP) is 2.20. The van der Waals surface area contributed by atoms with E-state index in [1.165, 1.54) is 5.69 Å². The Balaban J connectivity index is 2.09. The smallest absolute Gasteiger partial charge is 0.165 e. The lowest BCUT2D eigenvalue weighted by atomic mass is 10.0. The monoisotopic (exact) mass is 258 g/mol. The highest BCUT2D eigenvalue weighted by Crippen LogP contribution is 2.37. The molecule has 0 saturated heterocycles. The molecule has 1 aliphatic heterocycles. The highest BCUT2D eigenvalue weighted by molar-refractivity contribution is 5.50. The van der Waals surface area contributed by atoms with Crippen LogP contribution in [-0.4, -0.2) is 25.3 Å². The van der Waals surface area contributed by atoms with E-state index in [0.29, 0.717) is 0 Å². The molecule has 4 heteroatoms. The molecule has 1 aromatic heterocycles. The molecule has 1 aromatic carbocycles. The first kappa shape index (κ1) is 12.1. The lowest BCUT2D eigenvalue weighted by Crippen LogP contribution is -2.33. The molecule has 19 heavy (non-hydrogen) atoms. The summed E-state index contributed by atoms with van der Waals surface area (Å²) in [6, 6.07) is 10.4. The maximum absolute atomic E-state index is 5.54. The lowest BCUT2D eigenvalue weighted by molar-refractivity contribution is 0.345. The fourth-order valence-electron chi connectivity index (χ4n) is 2.74. The Kier molecular flexibility index (Phi) is 3.17. The molecule has 0 radical (unpaired) electrons. The topological polar surface area (TPSA) is 35.4 Å². The van der Waals surface area contributed by atoms with Gasteiger partial charge < -0.3 is 19.4 Å². The first-order valence-electron chi connectivity index (χ1n) is 6.44. The van der Waals surface area contributed by atoms with Gasteiger partial charge in [-0.05, 0) is 18.2 Å². The van der Waals surface area contributed by atoms with Gasteiger partial charge in [-0.25, -0.2) is 0 Å². The predicted molar refractivity (Wildman–Crippen MR) is 73.8 cm³/mol. The minimum atomic E-state index is 0.147. The average Bonchev–Trinajstić information content (AvgIpc) is 2.94. The van der Waals surface area contributed by atoms with Gasteiger partial charge in [-0.15, -0.1) is 0 Å². The van der Waals surface area contributed by atoms with Gasteiger partial charge in [0.2, 0.25) is 0 Å². The zero-order chi connectivity index (χ0) is 13.2. The Morgan fingerprint density at radius 2 is 2.05 bits per heavy atom. The molecule has 1 aliphatic rings. The molecular formula is C15H18N2O2. The molecule has 1 atom stereocenters. The molecule has 3 rings (SSSR count). The number of ether oxygens (including phenoxy) is 2. The van der Waals surface area contributed by atoms with Crippen molar-refractivity contribution in [3.63, 3.8) is 0 Å². The number of aromatic nitrogens is 1. The molecule has 2 aromatic rings. The Morgan fingerprint density at radius 3 is 2.84 bits per heavy atom. The highest BCUT2D eigenvalue weighted by Gasteiger charge is 2.25. The standard InChI is InChI=1S/C15H18N2O2/c1-18-13-7-3-5-11(15(13)19-2)14-12-6-4-9-17(12)10-8-16-14/h3-7,9,14,16H,8,10H2,1-2H3. The van der Waals surface area contributed by atoms with Crippen molar-refractivity contribution < 1.29 is 9.47 Å². The van der Waals surface area contributed by atoms with Gasteiger partial charge in [-0.3, -0.25) is 0 Å². The fourth-order valence-corrected chi connectivity index (χ4v) is 2.74. The van der Waals surface area contributed by atoms with Crippen molar-refractivity contribution in [1.29, 1.82) is 0 Å².